The van der Waals surface area contributed by atoms with Crippen molar-refractivity contribution in [2.45, 2.75) is 18.9 Å². The fourth-order valence-corrected chi connectivity index (χ4v) is 2.04. The van der Waals surface area contributed by atoms with Gasteiger partial charge in [-0.1, -0.05) is 15.9 Å². The molecule has 0 spiro atoms. The molecule has 1 rings (SSSR count). The predicted molar refractivity (Wildman–Crippen MR) is 65.4 cm³/mol. The molecule has 0 N–H and O–H groups in total. The van der Waals surface area contributed by atoms with Crippen LogP contribution in [0.1, 0.15) is 24.4 Å². The third-order valence-electron chi connectivity index (χ3n) is 2.47. The summed E-state index contributed by atoms with van der Waals surface area (Å²) >= 11 is 3.33. The van der Waals surface area contributed by atoms with E-state index in [9.17, 15) is 4.39 Å². The molecule has 0 amide bonds. The highest BCUT2D eigenvalue weighted by Crippen LogP contribution is 2.28. The van der Waals surface area contributed by atoms with Crippen molar-refractivity contribution < 1.29 is 4.39 Å². The topological polar surface area (TPSA) is 27.0 Å². The molecule has 0 bridgehead atoms. The average Bonchev–Trinajstić information content (AvgIpc) is 2.23. The lowest BCUT2D eigenvalue weighted by molar-refractivity contribution is 0.279. The quantitative estimate of drug-likeness (QED) is 0.846. The molecule has 86 valence electrons. The van der Waals surface area contributed by atoms with Gasteiger partial charge in [-0.25, -0.2) is 4.39 Å². The first kappa shape index (κ1) is 13.1. The molecule has 0 saturated carbocycles. The Hall–Kier alpha value is -0.920. The van der Waals surface area contributed by atoms with Crippen LogP contribution < -0.4 is 0 Å². The van der Waals surface area contributed by atoms with E-state index in [1.807, 2.05) is 19.0 Å². The monoisotopic (exact) mass is 284 g/mol. The first-order chi connectivity index (χ1) is 7.56. The van der Waals surface area contributed by atoms with Crippen molar-refractivity contribution in [2.75, 3.05) is 14.1 Å². The molecule has 2 nitrogen and oxygen atoms in total. The highest BCUT2D eigenvalue weighted by Gasteiger charge is 2.17. The summed E-state index contributed by atoms with van der Waals surface area (Å²) in [5, 5.41) is 8.60. The standard InChI is InChI=1S/C12H14BrFN2/c1-16(2)12(4-3-7-15)10-8-9(13)5-6-11(10)14/h5-6,8,12H,3-4H2,1-2H3. The third-order valence-corrected chi connectivity index (χ3v) is 2.96. The average molecular weight is 285 g/mol. The smallest absolute Gasteiger partial charge is 0.128 e. The molecular formula is C12H14BrFN2. The number of rotatable bonds is 4. The number of benzene rings is 1. The van der Waals surface area contributed by atoms with Gasteiger partial charge in [0.1, 0.15) is 5.82 Å². The summed E-state index contributed by atoms with van der Waals surface area (Å²) in [5.41, 5.74) is 0.634. The van der Waals surface area contributed by atoms with Gasteiger partial charge in [0, 0.05) is 22.5 Å². The molecule has 4 heteroatoms. The number of halogens is 2. The van der Waals surface area contributed by atoms with Crippen molar-refractivity contribution in [3.05, 3.63) is 34.1 Å². The summed E-state index contributed by atoms with van der Waals surface area (Å²) in [6.45, 7) is 0. The Morgan fingerprint density at radius 1 is 1.50 bits per heavy atom. The largest absolute Gasteiger partial charge is 0.302 e. The first-order valence-electron chi connectivity index (χ1n) is 5.04. The molecule has 1 aromatic carbocycles. The van der Waals surface area contributed by atoms with Crippen LogP contribution in [0.25, 0.3) is 0 Å². The van der Waals surface area contributed by atoms with Crippen LogP contribution in [0.5, 0.6) is 0 Å². The van der Waals surface area contributed by atoms with Gasteiger partial charge in [0.15, 0.2) is 0 Å². The second-order valence-corrected chi connectivity index (χ2v) is 4.76. The SMILES string of the molecule is CN(C)C(CCC#N)c1cc(Br)ccc1F. The Bertz CT molecular complexity index is 398. The fourth-order valence-electron chi connectivity index (χ4n) is 1.66. The van der Waals surface area contributed by atoms with Crippen LogP contribution in [0.2, 0.25) is 0 Å². The zero-order valence-electron chi connectivity index (χ0n) is 9.37. The van der Waals surface area contributed by atoms with Crippen molar-refractivity contribution >= 4 is 15.9 Å². The van der Waals surface area contributed by atoms with Crippen LogP contribution in [-0.2, 0) is 0 Å². The van der Waals surface area contributed by atoms with Crippen molar-refractivity contribution in [2.24, 2.45) is 0 Å². The summed E-state index contributed by atoms with van der Waals surface area (Å²) < 4.78 is 14.5. The minimum atomic E-state index is -0.222. The molecule has 1 atom stereocenters. The van der Waals surface area contributed by atoms with Gasteiger partial charge in [0.2, 0.25) is 0 Å². The van der Waals surface area contributed by atoms with Crippen LogP contribution in [0.4, 0.5) is 4.39 Å². The maximum absolute atomic E-state index is 13.7. The lowest BCUT2D eigenvalue weighted by atomic mass is 10.0. The van der Waals surface area contributed by atoms with Gasteiger partial charge in [-0.2, -0.15) is 5.26 Å². The molecule has 0 saturated heterocycles. The Balaban J connectivity index is 3.01. The lowest BCUT2D eigenvalue weighted by Crippen LogP contribution is -2.21. The summed E-state index contributed by atoms with van der Waals surface area (Å²) in [5.74, 6) is -0.222. The Labute approximate surface area is 104 Å². The zero-order chi connectivity index (χ0) is 12.1. The number of nitriles is 1. The number of hydrogen-bond acceptors (Lipinski definition) is 2. The van der Waals surface area contributed by atoms with Gasteiger partial charge in [-0.3, -0.25) is 0 Å². The molecular weight excluding hydrogens is 271 g/mol. The number of hydrogen-bond donors (Lipinski definition) is 0. The fraction of sp³-hybridized carbons (Fsp3) is 0.417. The Morgan fingerprint density at radius 2 is 2.19 bits per heavy atom. The van der Waals surface area contributed by atoms with Gasteiger partial charge in [0.05, 0.1) is 6.07 Å². The molecule has 0 aromatic heterocycles. The van der Waals surface area contributed by atoms with E-state index in [1.165, 1.54) is 6.07 Å². The molecule has 0 radical (unpaired) electrons. The molecule has 16 heavy (non-hydrogen) atoms. The van der Waals surface area contributed by atoms with Crippen LogP contribution in [0, 0.1) is 17.1 Å². The van der Waals surface area contributed by atoms with Gasteiger partial charge < -0.3 is 4.90 Å². The maximum atomic E-state index is 13.7. The van der Waals surface area contributed by atoms with Crippen LogP contribution >= 0.6 is 15.9 Å². The molecule has 0 aliphatic rings. The predicted octanol–water partition coefficient (Wildman–Crippen LogP) is 3.49. The Morgan fingerprint density at radius 3 is 2.75 bits per heavy atom. The van der Waals surface area contributed by atoms with Crippen molar-refractivity contribution in [1.82, 2.24) is 4.90 Å². The van der Waals surface area contributed by atoms with Crippen LogP contribution in [-0.4, -0.2) is 19.0 Å². The van der Waals surface area contributed by atoms with Crippen molar-refractivity contribution in [1.29, 1.82) is 5.26 Å². The molecule has 0 aliphatic carbocycles. The normalized spacial score (nSPS) is 12.5. The van der Waals surface area contributed by atoms with E-state index in [0.29, 0.717) is 18.4 Å². The van der Waals surface area contributed by atoms with E-state index in [0.717, 1.165) is 4.47 Å². The molecule has 1 unspecified atom stereocenters. The Kier molecular flexibility index (Phi) is 4.91. The van der Waals surface area contributed by atoms with Gasteiger partial charge in [-0.15, -0.1) is 0 Å². The maximum Gasteiger partial charge on any atom is 0.128 e. The second kappa shape index (κ2) is 5.97. The van der Waals surface area contributed by atoms with Crippen molar-refractivity contribution in [3.63, 3.8) is 0 Å². The van der Waals surface area contributed by atoms with Gasteiger partial charge in [0.25, 0.3) is 0 Å². The minimum absolute atomic E-state index is 0.0582. The highest BCUT2D eigenvalue weighted by molar-refractivity contribution is 9.10. The van der Waals surface area contributed by atoms with E-state index in [2.05, 4.69) is 22.0 Å². The summed E-state index contributed by atoms with van der Waals surface area (Å²) in [6.07, 6.45) is 1.06. The molecule has 0 heterocycles. The second-order valence-electron chi connectivity index (χ2n) is 3.84. The van der Waals surface area contributed by atoms with Crippen molar-refractivity contribution in [3.8, 4) is 6.07 Å². The van der Waals surface area contributed by atoms with Gasteiger partial charge >= 0.3 is 0 Å². The van der Waals surface area contributed by atoms with Crippen LogP contribution in [0.3, 0.4) is 0 Å². The number of nitrogens with zero attached hydrogens (tertiary/aromatic N) is 2. The van der Waals surface area contributed by atoms with Gasteiger partial charge in [-0.05, 0) is 38.7 Å². The van der Waals surface area contributed by atoms with E-state index in [-0.39, 0.29) is 11.9 Å². The van der Waals surface area contributed by atoms with Crippen LogP contribution in [0.15, 0.2) is 22.7 Å². The van der Waals surface area contributed by atoms with E-state index < -0.39 is 0 Å². The first-order valence-corrected chi connectivity index (χ1v) is 5.84. The zero-order valence-corrected chi connectivity index (χ0v) is 11.0. The summed E-state index contributed by atoms with van der Waals surface area (Å²) in [7, 11) is 3.78. The lowest BCUT2D eigenvalue weighted by Gasteiger charge is -2.24. The molecule has 0 aliphatic heterocycles. The van der Waals surface area contributed by atoms with E-state index in [1.54, 1.807) is 12.1 Å². The van der Waals surface area contributed by atoms with E-state index in [4.69, 9.17) is 5.26 Å². The molecule has 0 fully saturated rings. The minimum Gasteiger partial charge on any atom is -0.302 e. The molecule has 1 aromatic rings. The third kappa shape index (κ3) is 3.29. The van der Waals surface area contributed by atoms with E-state index >= 15 is 0 Å². The summed E-state index contributed by atoms with van der Waals surface area (Å²) in [6, 6.07) is 6.94. The summed E-state index contributed by atoms with van der Waals surface area (Å²) in [4.78, 5) is 1.93. The highest BCUT2D eigenvalue weighted by atomic mass is 79.9.